The van der Waals surface area contributed by atoms with Crippen molar-refractivity contribution in [1.29, 1.82) is 0 Å². The Kier molecular flexibility index (Phi) is 11.6. The number of amides is 4. The zero-order valence-electron chi connectivity index (χ0n) is 21.6. The molecule has 2 rings (SSSR count). The summed E-state index contributed by atoms with van der Waals surface area (Å²) >= 11 is 0. The van der Waals surface area contributed by atoms with Crippen LogP contribution in [0.2, 0.25) is 0 Å². The highest BCUT2D eigenvalue weighted by Gasteiger charge is 2.40. The largest absolute Gasteiger partial charge is 0.480 e. The summed E-state index contributed by atoms with van der Waals surface area (Å²) in [7, 11) is 0. The molecule has 0 bridgehead atoms. The van der Waals surface area contributed by atoms with Gasteiger partial charge in [0, 0.05) is 26.1 Å². The third-order valence-corrected chi connectivity index (χ3v) is 6.28. The average Bonchev–Trinajstić information content (AvgIpc) is 2.91. The van der Waals surface area contributed by atoms with Crippen molar-refractivity contribution in [1.82, 2.24) is 20.9 Å². The van der Waals surface area contributed by atoms with Crippen LogP contribution in [-0.2, 0) is 30.4 Å². The highest BCUT2D eigenvalue weighted by atomic mass is 16.4. The van der Waals surface area contributed by atoms with Gasteiger partial charge in [0.1, 0.15) is 17.6 Å². The molecule has 15 heteroatoms. The Bertz CT molecular complexity index is 1050. The lowest BCUT2D eigenvalue weighted by molar-refractivity contribution is -0.148. The smallest absolute Gasteiger partial charge is 0.323 e. The summed E-state index contributed by atoms with van der Waals surface area (Å²) in [5.74, 6) is -3.59. The van der Waals surface area contributed by atoms with Crippen molar-refractivity contribution in [2.45, 2.75) is 43.3 Å². The number of benzene rings is 1. The molecule has 0 aliphatic carbocycles. The number of carboxylic acids is 1. The number of aliphatic imine (C=N–C) groups is 1. The molecule has 1 aliphatic rings. The van der Waals surface area contributed by atoms with Crippen molar-refractivity contribution in [3.8, 4) is 0 Å². The van der Waals surface area contributed by atoms with Crippen LogP contribution in [0.15, 0.2) is 35.3 Å². The fraction of sp³-hybridized carbons (Fsp3) is 0.500. The van der Waals surface area contributed by atoms with E-state index < -0.39 is 53.8 Å². The van der Waals surface area contributed by atoms with Crippen LogP contribution < -0.4 is 38.9 Å². The summed E-state index contributed by atoms with van der Waals surface area (Å²) in [6, 6.07) is 6.97. The highest BCUT2D eigenvalue weighted by Crippen LogP contribution is 2.21. The lowest BCUT2D eigenvalue weighted by Gasteiger charge is -2.37. The van der Waals surface area contributed by atoms with Crippen molar-refractivity contribution >= 4 is 35.6 Å². The van der Waals surface area contributed by atoms with Crippen LogP contribution in [0.4, 0.5) is 0 Å². The number of rotatable bonds is 13. The molecule has 1 heterocycles. The fourth-order valence-electron chi connectivity index (χ4n) is 3.99. The predicted molar refractivity (Wildman–Crippen MR) is 142 cm³/mol. The van der Waals surface area contributed by atoms with Crippen molar-refractivity contribution in [3.63, 3.8) is 0 Å². The molecule has 4 amide bonds. The van der Waals surface area contributed by atoms with Crippen LogP contribution in [0.3, 0.4) is 0 Å². The molecular formula is C24H37N9O6. The molecule has 0 radical (unpaired) electrons. The zero-order chi connectivity index (χ0) is 29.0. The van der Waals surface area contributed by atoms with Gasteiger partial charge in [-0.15, -0.1) is 0 Å². The number of aliphatic carboxylic acids is 1. The predicted octanol–water partition coefficient (Wildman–Crippen LogP) is -3.66. The molecule has 1 fully saturated rings. The van der Waals surface area contributed by atoms with Crippen LogP contribution in [0.1, 0.15) is 24.8 Å². The first-order chi connectivity index (χ1) is 18.4. The zero-order valence-corrected chi connectivity index (χ0v) is 21.6. The molecule has 0 saturated carbocycles. The minimum absolute atomic E-state index is 0.0411. The molecule has 12 N–H and O–H groups in total. The van der Waals surface area contributed by atoms with E-state index in [1.165, 1.54) is 4.90 Å². The summed E-state index contributed by atoms with van der Waals surface area (Å²) in [4.78, 5) is 67.2. The molecule has 0 unspecified atom stereocenters. The lowest BCUT2D eigenvalue weighted by Crippen LogP contribution is -2.59. The van der Waals surface area contributed by atoms with Crippen LogP contribution in [0, 0.1) is 0 Å². The fourth-order valence-corrected chi connectivity index (χ4v) is 3.99. The molecule has 15 nitrogen and oxygen atoms in total. The monoisotopic (exact) mass is 547 g/mol. The molecule has 1 aromatic rings. The number of nitrogens with one attached hydrogen (secondary N) is 3. The molecule has 0 spiro atoms. The normalized spacial score (nSPS) is 15.8. The molecule has 1 aromatic carbocycles. The second-order valence-corrected chi connectivity index (χ2v) is 9.23. The molecule has 0 aromatic heterocycles. The number of likely N-dealkylation sites (tertiary alicyclic amines) is 1. The van der Waals surface area contributed by atoms with Gasteiger partial charge < -0.3 is 48.9 Å². The molecular weight excluding hydrogens is 510 g/mol. The third-order valence-electron chi connectivity index (χ3n) is 6.28. The lowest BCUT2D eigenvalue weighted by atomic mass is 9.88. The van der Waals surface area contributed by atoms with Crippen LogP contribution in [0.25, 0.3) is 0 Å². The highest BCUT2D eigenvalue weighted by molar-refractivity contribution is 5.93. The molecule has 39 heavy (non-hydrogen) atoms. The van der Waals surface area contributed by atoms with E-state index in [-0.39, 0.29) is 57.8 Å². The molecule has 2 atom stereocenters. The second kappa shape index (κ2) is 14.6. The van der Waals surface area contributed by atoms with Crippen LogP contribution in [0.5, 0.6) is 0 Å². The Labute approximate surface area is 225 Å². The van der Waals surface area contributed by atoms with Crippen molar-refractivity contribution in [3.05, 3.63) is 35.9 Å². The van der Waals surface area contributed by atoms with Gasteiger partial charge >= 0.3 is 5.97 Å². The van der Waals surface area contributed by atoms with E-state index in [0.717, 1.165) is 5.56 Å². The number of nitrogens with two attached hydrogens (primary N) is 4. The van der Waals surface area contributed by atoms with Gasteiger partial charge in [0.05, 0.1) is 13.1 Å². The van der Waals surface area contributed by atoms with Crippen molar-refractivity contribution < 1.29 is 29.1 Å². The number of nitrogens with zero attached hydrogens (tertiary/aromatic N) is 2. The summed E-state index contributed by atoms with van der Waals surface area (Å²) < 4.78 is 0. The van der Waals surface area contributed by atoms with E-state index in [0.29, 0.717) is 0 Å². The number of hydrogen-bond donors (Lipinski definition) is 8. The first-order valence-corrected chi connectivity index (χ1v) is 12.4. The van der Waals surface area contributed by atoms with Crippen molar-refractivity contribution in [2.75, 3.05) is 32.7 Å². The number of carbonyl (C=O) groups excluding carboxylic acids is 4. The maximum Gasteiger partial charge on any atom is 0.323 e. The quantitative estimate of drug-likeness (QED) is 0.0886. The summed E-state index contributed by atoms with van der Waals surface area (Å²) in [5, 5.41) is 16.9. The van der Waals surface area contributed by atoms with Crippen LogP contribution in [-0.4, -0.2) is 95.9 Å². The number of piperidine rings is 1. The van der Waals surface area contributed by atoms with E-state index in [2.05, 4.69) is 20.9 Å². The van der Waals surface area contributed by atoms with E-state index in [1.54, 1.807) is 24.3 Å². The number of hydrogen-bond acceptors (Lipinski definition) is 8. The first kappa shape index (κ1) is 31.0. The third kappa shape index (κ3) is 9.86. The maximum absolute atomic E-state index is 13.2. The van der Waals surface area contributed by atoms with E-state index >= 15 is 0 Å². The second-order valence-electron chi connectivity index (χ2n) is 9.23. The van der Waals surface area contributed by atoms with Gasteiger partial charge in [0.15, 0.2) is 5.96 Å². The summed E-state index contributed by atoms with van der Waals surface area (Å²) in [5.41, 5.74) is 21.3. The van der Waals surface area contributed by atoms with E-state index in [4.69, 9.17) is 22.9 Å². The SMILES string of the molecule is NCC(=O)N[C@H](Cc1ccccc1)C(=O)NCC(=O)N[C@H](CCN=C(N)N)C(=O)N1CCC(N)(C(=O)O)CC1. The molecule has 1 aliphatic heterocycles. The Hall–Kier alpha value is -4.24. The van der Waals surface area contributed by atoms with Gasteiger partial charge in [0.2, 0.25) is 23.6 Å². The Balaban J connectivity index is 2.02. The first-order valence-electron chi connectivity index (χ1n) is 12.4. The number of guanidine groups is 1. The summed E-state index contributed by atoms with van der Waals surface area (Å²) in [6.07, 6.45) is 0.336. The molecule has 1 saturated heterocycles. The van der Waals surface area contributed by atoms with E-state index in [9.17, 15) is 29.1 Å². The van der Waals surface area contributed by atoms with Gasteiger partial charge in [-0.1, -0.05) is 30.3 Å². The minimum atomic E-state index is -1.42. The maximum atomic E-state index is 13.2. The minimum Gasteiger partial charge on any atom is -0.480 e. The topological polar surface area (TPSA) is 261 Å². The standard InChI is InChI=1S/C24H37N9O6/c25-13-18(34)32-17(12-15-4-2-1-3-5-15)20(36)30-14-19(35)31-16(6-9-29-23(26)27)21(37)33-10-7-24(28,8-11-33)22(38)39/h1-5,16-17H,6-14,25,28H2,(H,30,36)(H,31,35)(H,32,34)(H,38,39)(H4,26,27,29)/t16-,17-/m1/s1. The van der Waals surface area contributed by atoms with Gasteiger partial charge in [-0.05, 0) is 24.8 Å². The number of carboxylic acid groups (broad SMARTS) is 1. The Morgan fingerprint density at radius 1 is 1.00 bits per heavy atom. The van der Waals surface area contributed by atoms with E-state index in [1.807, 2.05) is 6.07 Å². The average molecular weight is 548 g/mol. The Morgan fingerprint density at radius 2 is 1.62 bits per heavy atom. The number of carbonyl (C=O) groups is 5. The van der Waals surface area contributed by atoms with Crippen LogP contribution >= 0.6 is 0 Å². The summed E-state index contributed by atoms with van der Waals surface area (Å²) in [6.45, 7) is -0.559. The van der Waals surface area contributed by atoms with Gasteiger partial charge in [-0.25, -0.2) is 0 Å². The Morgan fingerprint density at radius 3 is 2.18 bits per heavy atom. The van der Waals surface area contributed by atoms with Gasteiger partial charge in [0.25, 0.3) is 0 Å². The van der Waals surface area contributed by atoms with Gasteiger partial charge in [-0.3, -0.25) is 29.0 Å². The molecule has 214 valence electrons. The van der Waals surface area contributed by atoms with Gasteiger partial charge in [-0.2, -0.15) is 0 Å². The van der Waals surface area contributed by atoms with Crippen molar-refractivity contribution in [2.24, 2.45) is 27.9 Å².